The molecule has 0 unspecified atom stereocenters. The molecule has 2 aromatic carbocycles. The molecule has 2 rings (SSSR count). The monoisotopic (exact) mass is 325 g/mol. The van der Waals surface area contributed by atoms with Gasteiger partial charge in [0, 0.05) is 24.3 Å². The van der Waals surface area contributed by atoms with E-state index in [9.17, 15) is 4.79 Å². The molecule has 5 heteroatoms. The van der Waals surface area contributed by atoms with Gasteiger partial charge in [-0.3, -0.25) is 4.79 Å². The smallest absolute Gasteiger partial charge is 0.271 e. The number of methoxy groups -OCH3 is 1. The Hall–Kier alpha value is -2.82. The van der Waals surface area contributed by atoms with Gasteiger partial charge in [0.2, 0.25) is 0 Å². The van der Waals surface area contributed by atoms with Gasteiger partial charge in [0.25, 0.3) is 5.91 Å². The van der Waals surface area contributed by atoms with E-state index >= 15 is 0 Å². The molecule has 24 heavy (non-hydrogen) atoms. The van der Waals surface area contributed by atoms with Gasteiger partial charge in [0.1, 0.15) is 5.75 Å². The number of hydrogen-bond donors (Lipinski definition) is 1. The van der Waals surface area contributed by atoms with E-state index in [2.05, 4.69) is 29.3 Å². The predicted octanol–water partition coefficient (Wildman–Crippen LogP) is 3.31. The van der Waals surface area contributed by atoms with Crippen LogP contribution < -0.4 is 15.1 Å². The zero-order chi connectivity index (χ0) is 17.4. The molecule has 0 atom stereocenters. The third-order valence-electron chi connectivity index (χ3n) is 3.73. The Kier molecular flexibility index (Phi) is 6.37. The molecule has 0 spiro atoms. The molecule has 0 aliphatic heterocycles. The number of ether oxygens (including phenoxy) is 1. The summed E-state index contributed by atoms with van der Waals surface area (Å²) in [5.74, 6) is 0.512. The molecular weight excluding hydrogens is 302 g/mol. The summed E-state index contributed by atoms with van der Waals surface area (Å²) in [5, 5.41) is 3.99. The molecule has 0 bridgehead atoms. The highest BCUT2D eigenvalue weighted by Crippen LogP contribution is 2.15. The molecule has 0 aliphatic carbocycles. The second-order valence-corrected chi connectivity index (χ2v) is 5.19. The van der Waals surface area contributed by atoms with Gasteiger partial charge in [-0.15, -0.1) is 0 Å². The first kappa shape index (κ1) is 17.5. The number of nitrogens with zero attached hydrogens (tertiary/aromatic N) is 2. The van der Waals surface area contributed by atoms with Crippen molar-refractivity contribution < 1.29 is 9.53 Å². The summed E-state index contributed by atoms with van der Waals surface area (Å²) in [6.07, 6.45) is 1.59. The fourth-order valence-corrected chi connectivity index (χ4v) is 2.36. The molecule has 0 radical (unpaired) electrons. The van der Waals surface area contributed by atoms with Gasteiger partial charge in [-0.25, -0.2) is 5.43 Å². The highest BCUT2D eigenvalue weighted by molar-refractivity contribution is 5.95. The zero-order valence-corrected chi connectivity index (χ0v) is 14.3. The maximum absolute atomic E-state index is 12.1. The molecule has 0 fully saturated rings. The van der Waals surface area contributed by atoms with Crippen LogP contribution in [0.5, 0.6) is 5.75 Å². The minimum Gasteiger partial charge on any atom is -0.497 e. The molecule has 1 amide bonds. The number of hydrogen-bond acceptors (Lipinski definition) is 4. The SMILES string of the molecule is CCN(CC)c1ccc(C(=O)NN=Cc2cccc(OC)c2)cc1. The molecule has 0 aromatic heterocycles. The number of rotatable bonds is 7. The molecule has 0 aliphatic rings. The Balaban J connectivity index is 1.98. The Morgan fingerprint density at radius 2 is 1.88 bits per heavy atom. The van der Waals surface area contributed by atoms with Crippen molar-refractivity contribution in [3.8, 4) is 5.75 Å². The van der Waals surface area contributed by atoms with Crippen molar-refractivity contribution in [2.75, 3.05) is 25.1 Å². The van der Waals surface area contributed by atoms with Crippen LogP contribution in [0.15, 0.2) is 53.6 Å². The van der Waals surface area contributed by atoms with Gasteiger partial charge in [-0.1, -0.05) is 12.1 Å². The Bertz CT molecular complexity index is 692. The second-order valence-electron chi connectivity index (χ2n) is 5.19. The summed E-state index contributed by atoms with van der Waals surface area (Å²) in [7, 11) is 1.61. The van der Waals surface area contributed by atoms with E-state index in [1.165, 1.54) is 0 Å². The first-order chi connectivity index (χ1) is 11.7. The van der Waals surface area contributed by atoms with E-state index in [-0.39, 0.29) is 5.91 Å². The van der Waals surface area contributed by atoms with Crippen LogP contribution in [0.2, 0.25) is 0 Å². The van der Waals surface area contributed by atoms with Crippen LogP contribution >= 0.6 is 0 Å². The lowest BCUT2D eigenvalue weighted by molar-refractivity contribution is 0.0955. The number of nitrogens with one attached hydrogen (secondary N) is 1. The Labute approximate surface area is 142 Å². The van der Waals surface area contributed by atoms with Gasteiger partial charge in [0.15, 0.2) is 0 Å². The van der Waals surface area contributed by atoms with Crippen LogP contribution in [0.4, 0.5) is 5.69 Å². The Morgan fingerprint density at radius 3 is 2.50 bits per heavy atom. The topological polar surface area (TPSA) is 53.9 Å². The summed E-state index contributed by atoms with van der Waals surface area (Å²) >= 11 is 0. The van der Waals surface area contributed by atoms with Gasteiger partial charge in [0.05, 0.1) is 13.3 Å². The van der Waals surface area contributed by atoms with Crippen LogP contribution in [0.25, 0.3) is 0 Å². The van der Waals surface area contributed by atoms with Crippen LogP contribution in [-0.4, -0.2) is 32.3 Å². The van der Waals surface area contributed by atoms with Crippen molar-refractivity contribution in [3.63, 3.8) is 0 Å². The largest absolute Gasteiger partial charge is 0.497 e. The van der Waals surface area contributed by atoms with E-state index in [0.29, 0.717) is 5.56 Å². The number of hydrazone groups is 1. The van der Waals surface area contributed by atoms with Crippen LogP contribution in [-0.2, 0) is 0 Å². The molecule has 0 saturated heterocycles. The first-order valence-electron chi connectivity index (χ1n) is 8.00. The standard InChI is InChI=1S/C19H23N3O2/c1-4-22(5-2)17-11-9-16(10-12-17)19(23)21-20-14-15-7-6-8-18(13-15)24-3/h6-14H,4-5H2,1-3H3,(H,21,23). The number of amides is 1. The summed E-state index contributed by atoms with van der Waals surface area (Å²) in [5.41, 5.74) is 5.08. The lowest BCUT2D eigenvalue weighted by atomic mass is 10.2. The average Bonchev–Trinajstić information content (AvgIpc) is 2.63. The summed E-state index contributed by atoms with van der Waals surface area (Å²) in [6.45, 7) is 6.09. The van der Waals surface area contributed by atoms with Crippen molar-refractivity contribution in [3.05, 3.63) is 59.7 Å². The van der Waals surface area contributed by atoms with Crippen molar-refractivity contribution in [1.29, 1.82) is 0 Å². The first-order valence-corrected chi connectivity index (χ1v) is 8.00. The Morgan fingerprint density at radius 1 is 1.17 bits per heavy atom. The predicted molar refractivity (Wildman–Crippen MR) is 98.1 cm³/mol. The number of carbonyl (C=O) groups excluding carboxylic acids is 1. The van der Waals surface area contributed by atoms with Crippen molar-refractivity contribution in [2.24, 2.45) is 5.10 Å². The fourth-order valence-electron chi connectivity index (χ4n) is 2.36. The van der Waals surface area contributed by atoms with E-state index in [1.54, 1.807) is 13.3 Å². The molecule has 2 aromatic rings. The van der Waals surface area contributed by atoms with Crippen LogP contribution in [0, 0.1) is 0 Å². The molecular formula is C19H23N3O2. The summed E-state index contributed by atoms with van der Waals surface area (Å²) < 4.78 is 5.15. The maximum Gasteiger partial charge on any atom is 0.271 e. The lowest BCUT2D eigenvalue weighted by Crippen LogP contribution is -2.22. The fraction of sp³-hybridized carbons (Fsp3) is 0.263. The van der Waals surface area contributed by atoms with Crippen molar-refractivity contribution in [2.45, 2.75) is 13.8 Å². The minimum atomic E-state index is -0.236. The third kappa shape index (κ3) is 4.59. The second kappa shape index (κ2) is 8.72. The van der Waals surface area contributed by atoms with E-state index in [1.807, 2.05) is 48.5 Å². The van der Waals surface area contributed by atoms with E-state index in [4.69, 9.17) is 4.74 Å². The highest BCUT2D eigenvalue weighted by atomic mass is 16.5. The summed E-state index contributed by atoms with van der Waals surface area (Å²) in [6, 6.07) is 15.0. The normalized spacial score (nSPS) is 10.6. The van der Waals surface area contributed by atoms with Crippen LogP contribution in [0.1, 0.15) is 29.8 Å². The van der Waals surface area contributed by atoms with Gasteiger partial charge in [-0.05, 0) is 55.8 Å². The molecule has 0 saturated carbocycles. The van der Waals surface area contributed by atoms with Crippen LogP contribution in [0.3, 0.4) is 0 Å². The average molecular weight is 325 g/mol. The minimum absolute atomic E-state index is 0.236. The molecule has 126 valence electrons. The van der Waals surface area contributed by atoms with Gasteiger partial charge in [-0.2, -0.15) is 5.10 Å². The molecule has 0 heterocycles. The summed E-state index contributed by atoms with van der Waals surface area (Å²) in [4.78, 5) is 14.3. The lowest BCUT2D eigenvalue weighted by Gasteiger charge is -2.20. The molecule has 5 nitrogen and oxygen atoms in total. The molecule has 1 N–H and O–H groups in total. The zero-order valence-electron chi connectivity index (χ0n) is 14.3. The number of anilines is 1. The van der Waals surface area contributed by atoms with E-state index in [0.717, 1.165) is 30.1 Å². The highest BCUT2D eigenvalue weighted by Gasteiger charge is 2.06. The van der Waals surface area contributed by atoms with Crippen molar-refractivity contribution >= 4 is 17.8 Å². The van der Waals surface area contributed by atoms with E-state index < -0.39 is 0 Å². The van der Waals surface area contributed by atoms with Crippen molar-refractivity contribution in [1.82, 2.24) is 5.43 Å². The van der Waals surface area contributed by atoms with Gasteiger partial charge < -0.3 is 9.64 Å². The quantitative estimate of drug-likeness (QED) is 0.628. The van der Waals surface area contributed by atoms with Gasteiger partial charge >= 0.3 is 0 Å². The number of carbonyl (C=O) groups is 1. The maximum atomic E-state index is 12.1. The number of benzene rings is 2. The third-order valence-corrected chi connectivity index (χ3v) is 3.73.